The van der Waals surface area contributed by atoms with Gasteiger partial charge in [0.2, 0.25) is 0 Å². The van der Waals surface area contributed by atoms with E-state index in [4.69, 9.17) is 5.11 Å². The van der Waals surface area contributed by atoms with Crippen LogP contribution in [-0.2, 0) is 0 Å². The van der Waals surface area contributed by atoms with E-state index in [1.54, 1.807) is 6.21 Å². The van der Waals surface area contributed by atoms with E-state index in [1.165, 1.54) is 0 Å². The normalized spacial score (nSPS) is 23.1. The molecule has 3 nitrogen and oxygen atoms in total. The number of hydrazone groups is 1. The van der Waals surface area contributed by atoms with Gasteiger partial charge in [-0.3, -0.25) is 5.43 Å². The molecule has 3 heteroatoms. The van der Waals surface area contributed by atoms with Gasteiger partial charge in [-0.15, -0.1) is 0 Å². The Morgan fingerprint density at radius 2 is 2.86 bits per heavy atom. The second-order valence-corrected chi connectivity index (χ2v) is 1.28. The highest BCUT2D eigenvalue weighted by atomic mass is 16.2. The summed E-state index contributed by atoms with van der Waals surface area (Å²) in [6, 6.07) is 0. The quantitative estimate of drug-likeness (QED) is 0.430. The molecule has 1 rings (SSSR count). The van der Waals surface area contributed by atoms with Crippen molar-refractivity contribution in [2.75, 3.05) is 0 Å². The van der Waals surface area contributed by atoms with Crippen molar-refractivity contribution in [1.29, 1.82) is 0 Å². The smallest absolute Gasteiger partial charge is 0.100 e. The lowest BCUT2D eigenvalue weighted by Crippen LogP contribution is -1.95. The monoisotopic (exact) mass is 98.0 g/mol. The van der Waals surface area contributed by atoms with Crippen LogP contribution in [0.1, 0.15) is 6.42 Å². The summed E-state index contributed by atoms with van der Waals surface area (Å²) in [5, 5.41) is 11.9. The van der Waals surface area contributed by atoms with Crippen LogP contribution in [-0.4, -0.2) is 11.3 Å². The summed E-state index contributed by atoms with van der Waals surface area (Å²) in [5.41, 5.74) is 3.34. The third kappa shape index (κ3) is 0.707. The molecule has 0 saturated carbocycles. The third-order valence-corrected chi connectivity index (χ3v) is 0.766. The molecule has 0 amide bonds. The van der Waals surface area contributed by atoms with Crippen molar-refractivity contribution in [2.45, 2.75) is 6.42 Å². The van der Waals surface area contributed by atoms with Gasteiger partial charge in [0.25, 0.3) is 0 Å². The molecule has 0 fully saturated rings. The molecule has 0 atom stereocenters. The lowest BCUT2D eigenvalue weighted by Gasteiger charge is -1.87. The third-order valence-electron chi connectivity index (χ3n) is 0.766. The fourth-order valence-electron chi connectivity index (χ4n) is 0.400. The maximum Gasteiger partial charge on any atom is 0.100 e. The molecule has 0 saturated heterocycles. The Morgan fingerprint density at radius 3 is 3.14 bits per heavy atom. The largest absolute Gasteiger partial charge is 0.514 e. The SMILES string of the molecule is O/C=C1\CC=NN1. The Kier molecular flexibility index (Phi) is 0.978. The fraction of sp³-hybridized carbons (Fsp3) is 0.250. The number of aliphatic hydroxyl groups is 1. The van der Waals surface area contributed by atoms with Crippen molar-refractivity contribution in [3.05, 3.63) is 12.0 Å². The van der Waals surface area contributed by atoms with Crippen LogP contribution in [0.4, 0.5) is 0 Å². The molecule has 0 unspecified atom stereocenters. The van der Waals surface area contributed by atoms with E-state index in [1.807, 2.05) is 0 Å². The van der Waals surface area contributed by atoms with Crippen LogP contribution in [0.2, 0.25) is 0 Å². The highest BCUT2D eigenvalue weighted by molar-refractivity contribution is 5.63. The molecule has 0 bridgehead atoms. The van der Waals surface area contributed by atoms with Crippen molar-refractivity contribution in [2.24, 2.45) is 5.10 Å². The number of allylic oxidation sites excluding steroid dienone is 1. The van der Waals surface area contributed by atoms with E-state index in [2.05, 4.69) is 10.5 Å². The molecular weight excluding hydrogens is 92.1 g/mol. The number of rotatable bonds is 0. The van der Waals surface area contributed by atoms with Gasteiger partial charge >= 0.3 is 0 Å². The summed E-state index contributed by atoms with van der Waals surface area (Å²) in [5.74, 6) is 0. The van der Waals surface area contributed by atoms with Crippen LogP contribution in [0, 0.1) is 0 Å². The molecule has 0 radical (unpaired) electrons. The first kappa shape index (κ1) is 4.18. The van der Waals surface area contributed by atoms with E-state index in [9.17, 15) is 0 Å². The molecule has 1 heterocycles. The molecule has 38 valence electrons. The van der Waals surface area contributed by atoms with Crippen LogP contribution in [0.25, 0.3) is 0 Å². The first-order chi connectivity index (χ1) is 3.43. The van der Waals surface area contributed by atoms with Crippen LogP contribution in [0.3, 0.4) is 0 Å². The molecule has 7 heavy (non-hydrogen) atoms. The first-order valence-electron chi connectivity index (χ1n) is 2.04. The standard InChI is InChI=1S/C4H6N2O/c7-3-4-1-2-5-6-4/h2-3,6-7H,1H2/b4-3+. The molecule has 1 aliphatic heterocycles. The number of hydrogen-bond acceptors (Lipinski definition) is 3. The van der Waals surface area contributed by atoms with E-state index in [0.717, 1.165) is 18.4 Å². The summed E-state index contributed by atoms with van der Waals surface area (Å²) in [4.78, 5) is 0. The Morgan fingerprint density at radius 1 is 2.00 bits per heavy atom. The summed E-state index contributed by atoms with van der Waals surface area (Å²) in [6.45, 7) is 0. The number of aliphatic hydroxyl groups excluding tert-OH is 1. The van der Waals surface area contributed by atoms with E-state index in [0.29, 0.717) is 0 Å². The summed E-state index contributed by atoms with van der Waals surface area (Å²) < 4.78 is 0. The van der Waals surface area contributed by atoms with Gasteiger partial charge in [-0.05, 0) is 0 Å². The van der Waals surface area contributed by atoms with E-state index >= 15 is 0 Å². The zero-order chi connectivity index (χ0) is 5.11. The van der Waals surface area contributed by atoms with Crippen molar-refractivity contribution >= 4 is 6.21 Å². The van der Waals surface area contributed by atoms with Crippen LogP contribution in [0.15, 0.2) is 17.1 Å². The fourth-order valence-corrected chi connectivity index (χ4v) is 0.400. The number of nitrogens with zero attached hydrogens (tertiary/aromatic N) is 1. The van der Waals surface area contributed by atoms with Gasteiger partial charge in [-0.25, -0.2) is 0 Å². The summed E-state index contributed by atoms with van der Waals surface area (Å²) in [6.07, 6.45) is 3.44. The molecule has 1 aliphatic rings. The van der Waals surface area contributed by atoms with Crippen molar-refractivity contribution < 1.29 is 5.11 Å². The lowest BCUT2D eigenvalue weighted by atomic mass is 10.4. The average Bonchev–Trinajstić information content (AvgIpc) is 2.14. The second-order valence-electron chi connectivity index (χ2n) is 1.28. The highest BCUT2D eigenvalue weighted by Crippen LogP contribution is 1.96. The minimum Gasteiger partial charge on any atom is -0.514 e. The first-order valence-corrected chi connectivity index (χ1v) is 2.04. The van der Waals surface area contributed by atoms with Crippen LogP contribution < -0.4 is 5.43 Å². The minimum atomic E-state index is 0.719. The Hall–Kier alpha value is -0.990. The van der Waals surface area contributed by atoms with Crippen molar-refractivity contribution in [3.8, 4) is 0 Å². The number of hydrogen-bond donors (Lipinski definition) is 2. The second kappa shape index (κ2) is 1.64. The Balaban J connectivity index is 2.51. The predicted octanol–water partition coefficient (Wildman–Crippen LogP) is 0.365. The lowest BCUT2D eigenvalue weighted by molar-refractivity contribution is 0.462. The van der Waals surface area contributed by atoms with E-state index in [-0.39, 0.29) is 0 Å². The maximum atomic E-state index is 8.26. The zero-order valence-electron chi connectivity index (χ0n) is 3.76. The van der Waals surface area contributed by atoms with Crippen molar-refractivity contribution in [3.63, 3.8) is 0 Å². The Labute approximate surface area is 41.3 Å². The predicted molar refractivity (Wildman–Crippen MR) is 27.0 cm³/mol. The molecule has 0 aromatic heterocycles. The zero-order valence-corrected chi connectivity index (χ0v) is 3.76. The molecule has 0 spiro atoms. The summed E-state index contributed by atoms with van der Waals surface area (Å²) >= 11 is 0. The summed E-state index contributed by atoms with van der Waals surface area (Å²) in [7, 11) is 0. The van der Waals surface area contributed by atoms with Gasteiger partial charge in [0.1, 0.15) is 6.26 Å². The Bertz CT molecular complexity index is 107. The minimum absolute atomic E-state index is 0.719. The molecule has 0 aliphatic carbocycles. The van der Waals surface area contributed by atoms with Gasteiger partial charge in [0.15, 0.2) is 0 Å². The maximum absolute atomic E-state index is 8.26. The highest BCUT2D eigenvalue weighted by Gasteiger charge is 1.96. The van der Waals surface area contributed by atoms with Crippen LogP contribution >= 0.6 is 0 Å². The van der Waals surface area contributed by atoms with E-state index < -0.39 is 0 Å². The van der Waals surface area contributed by atoms with Crippen LogP contribution in [0.5, 0.6) is 0 Å². The molecular formula is C4H6N2O. The molecule has 0 aromatic rings. The molecule has 0 aromatic carbocycles. The number of nitrogens with one attached hydrogen (secondary N) is 1. The topological polar surface area (TPSA) is 44.6 Å². The molecule has 2 N–H and O–H groups in total. The van der Waals surface area contributed by atoms with Gasteiger partial charge in [0.05, 0.1) is 5.70 Å². The van der Waals surface area contributed by atoms with Gasteiger partial charge < -0.3 is 5.11 Å². The van der Waals surface area contributed by atoms with Crippen molar-refractivity contribution in [1.82, 2.24) is 5.43 Å². The van der Waals surface area contributed by atoms with Gasteiger partial charge in [0, 0.05) is 12.6 Å². The van der Waals surface area contributed by atoms with Gasteiger partial charge in [-0.2, -0.15) is 5.10 Å². The van der Waals surface area contributed by atoms with Gasteiger partial charge in [-0.1, -0.05) is 0 Å². The average molecular weight is 98.1 g/mol.